The van der Waals surface area contributed by atoms with Gasteiger partial charge in [0.05, 0.1) is 16.9 Å². The van der Waals surface area contributed by atoms with E-state index < -0.39 is 23.5 Å². The molecular formula is C18H13Cl2FN4O2. The molecule has 0 fully saturated rings. The predicted molar refractivity (Wildman–Crippen MR) is 101 cm³/mol. The van der Waals surface area contributed by atoms with Crippen molar-refractivity contribution >= 4 is 34.8 Å². The van der Waals surface area contributed by atoms with Crippen LogP contribution in [0.2, 0.25) is 10.0 Å². The Balaban J connectivity index is 1.80. The molecule has 0 bridgehead atoms. The van der Waals surface area contributed by atoms with Crippen LogP contribution in [-0.4, -0.2) is 20.7 Å². The van der Waals surface area contributed by atoms with Crippen LogP contribution in [0.1, 0.15) is 13.0 Å². The van der Waals surface area contributed by atoms with Gasteiger partial charge in [0.1, 0.15) is 11.9 Å². The fourth-order valence-electron chi connectivity index (χ4n) is 2.31. The van der Waals surface area contributed by atoms with Gasteiger partial charge in [0.15, 0.2) is 0 Å². The second kappa shape index (κ2) is 7.85. The van der Waals surface area contributed by atoms with Crippen LogP contribution >= 0.6 is 23.2 Å². The van der Waals surface area contributed by atoms with Gasteiger partial charge in [-0.2, -0.15) is 10.1 Å². The van der Waals surface area contributed by atoms with Crippen LogP contribution in [0.15, 0.2) is 53.5 Å². The summed E-state index contributed by atoms with van der Waals surface area (Å²) < 4.78 is 14.2. The average Bonchev–Trinajstić information content (AvgIpc) is 2.64. The number of amides is 1. The molecular weight excluding hydrogens is 394 g/mol. The van der Waals surface area contributed by atoms with Crippen LogP contribution in [-0.2, 0) is 4.79 Å². The maximum atomic E-state index is 13.2. The van der Waals surface area contributed by atoms with Gasteiger partial charge in [0, 0.05) is 16.3 Å². The number of nitrogens with one attached hydrogen (secondary N) is 1. The first-order valence-electron chi connectivity index (χ1n) is 7.83. The summed E-state index contributed by atoms with van der Waals surface area (Å²) in [5.74, 6) is -1.11. The fourth-order valence-corrected chi connectivity index (χ4v) is 2.61. The normalized spacial score (nSPS) is 11.9. The zero-order valence-electron chi connectivity index (χ0n) is 14.0. The van der Waals surface area contributed by atoms with Gasteiger partial charge in [-0.1, -0.05) is 35.3 Å². The lowest BCUT2D eigenvalue weighted by atomic mass is 10.2. The van der Waals surface area contributed by atoms with E-state index in [9.17, 15) is 14.0 Å². The van der Waals surface area contributed by atoms with Crippen LogP contribution in [0.25, 0.3) is 11.3 Å². The Kier molecular flexibility index (Phi) is 5.53. The van der Waals surface area contributed by atoms with Crippen molar-refractivity contribution in [2.24, 2.45) is 0 Å². The van der Waals surface area contributed by atoms with Crippen molar-refractivity contribution in [3.63, 3.8) is 0 Å². The largest absolute Gasteiger partial charge is 0.365 e. The summed E-state index contributed by atoms with van der Waals surface area (Å²) in [7, 11) is 0. The molecule has 0 saturated heterocycles. The van der Waals surface area contributed by atoms with Gasteiger partial charge in [-0.15, -0.1) is 0 Å². The van der Waals surface area contributed by atoms with Crippen LogP contribution < -0.4 is 11.0 Å². The Labute approximate surface area is 163 Å². The Morgan fingerprint density at radius 2 is 1.89 bits per heavy atom. The molecule has 3 rings (SSSR count). The van der Waals surface area contributed by atoms with Gasteiger partial charge < -0.3 is 5.32 Å². The minimum absolute atomic E-state index is 0.121. The lowest BCUT2D eigenvalue weighted by molar-refractivity contribution is -0.119. The van der Waals surface area contributed by atoms with Gasteiger partial charge in [0.25, 0.3) is 0 Å². The van der Waals surface area contributed by atoms with Gasteiger partial charge in [-0.25, -0.2) is 13.9 Å². The van der Waals surface area contributed by atoms with Crippen LogP contribution in [0.5, 0.6) is 0 Å². The van der Waals surface area contributed by atoms with Crippen LogP contribution in [0.4, 0.5) is 10.1 Å². The number of hydrogen-bond acceptors (Lipinski definition) is 4. The highest BCUT2D eigenvalue weighted by molar-refractivity contribution is 6.31. The van der Waals surface area contributed by atoms with E-state index >= 15 is 0 Å². The van der Waals surface area contributed by atoms with Crippen molar-refractivity contribution in [2.45, 2.75) is 13.0 Å². The van der Waals surface area contributed by atoms with Gasteiger partial charge in [-0.05, 0) is 37.3 Å². The van der Waals surface area contributed by atoms with E-state index in [1.54, 1.807) is 24.3 Å². The molecule has 0 aliphatic heterocycles. The van der Waals surface area contributed by atoms with E-state index in [0.29, 0.717) is 22.0 Å². The maximum absolute atomic E-state index is 13.2. The molecule has 6 nitrogen and oxygen atoms in total. The molecule has 3 aromatic rings. The monoisotopic (exact) mass is 406 g/mol. The molecule has 0 aliphatic carbocycles. The molecule has 0 radical (unpaired) electrons. The molecule has 0 saturated carbocycles. The van der Waals surface area contributed by atoms with Gasteiger partial charge >= 0.3 is 5.69 Å². The Bertz CT molecular complexity index is 1050. The van der Waals surface area contributed by atoms with E-state index in [4.69, 9.17) is 23.2 Å². The Hall–Kier alpha value is -2.77. The van der Waals surface area contributed by atoms with Crippen molar-refractivity contribution in [2.75, 3.05) is 5.32 Å². The Morgan fingerprint density at radius 1 is 1.19 bits per heavy atom. The van der Waals surface area contributed by atoms with Gasteiger partial charge in [0.2, 0.25) is 5.91 Å². The molecule has 1 aromatic heterocycles. The summed E-state index contributed by atoms with van der Waals surface area (Å²) in [4.78, 5) is 28.6. The minimum atomic E-state index is -0.937. The number of hydrogen-bond donors (Lipinski definition) is 1. The number of carbonyl (C=O) groups is 1. The zero-order valence-corrected chi connectivity index (χ0v) is 15.5. The summed E-state index contributed by atoms with van der Waals surface area (Å²) in [6.45, 7) is 1.50. The average molecular weight is 407 g/mol. The Morgan fingerprint density at radius 3 is 2.52 bits per heavy atom. The third-order valence-electron chi connectivity index (χ3n) is 3.79. The van der Waals surface area contributed by atoms with Crippen molar-refractivity contribution in [3.8, 4) is 11.3 Å². The van der Waals surface area contributed by atoms with E-state index in [1.807, 2.05) is 0 Å². The fraction of sp³-hybridized carbons (Fsp3) is 0.111. The van der Waals surface area contributed by atoms with Crippen LogP contribution in [0.3, 0.4) is 0 Å². The molecule has 1 unspecified atom stereocenters. The highest BCUT2D eigenvalue weighted by atomic mass is 35.5. The number of carbonyl (C=O) groups excluding carboxylic acids is 1. The summed E-state index contributed by atoms with van der Waals surface area (Å²) in [6, 6.07) is 9.61. The standard InChI is InChI=1S/C18H13Cl2FN4O2/c1-10(17(26)23-13-6-7-15(21)14(20)8-13)25-18(27)24-16(9-22-25)11-2-4-12(19)5-3-11/h2-10H,1H3,(H,23,26). The summed E-state index contributed by atoms with van der Waals surface area (Å²) >= 11 is 11.5. The molecule has 27 heavy (non-hydrogen) atoms. The van der Waals surface area contributed by atoms with Crippen LogP contribution in [0, 0.1) is 5.82 Å². The first kappa shape index (κ1) is 19.0. The molecule has 1 N–H and O–H groups in total. The number of anilines is 1. The number of nitrogens with zero attached hydrogens (tertiary/aromatic N) is 3. The summed E-state index contributed by atoms with van der Waals surface area (Å²) in [5.41, 5.74) is 0.666. The summed E-state index contributed by atoms with van der Waals surface area (Å²) in [6.07, 6.45) is 1.39. The lowest BCUT2D eigenvalue weighted by Crippen LogP contribution is -2.34. The smallest absolute Gasteiger partial charge is 0.324 e. The first-order chi connectivity index (χ1) is 12.8. The van der Waals surface area contributed by atoms with Gasteiger partial charge in [-0.3, -0.25) is 4.79 Å². The number of benzene rings is 2. The molecule has 0 aliphatic rings. The van der Waals surface area contributed by atoms with E-state index in [2.05, 4.69) is 15.4 Å². The zero-order chi connectivity index (χ0) is 19.6. The number of aromatic nitrogens is 3. The highest BCUT2D eigenvalue weighted by Crippen LogP contribution is 2.21. The summed E-state index contributed by atoms with van der Waals surface area (Å²) in [5, 5.41) is 7.03. The van der Waals surface area contributed by atoms with E-state index in [1.165, 1.54) is 25.3 Å². The molecule has 9 heteroatoms. The molecule has 138 valence electrons. The van der Waals surface area contributed by atoms with Crippen molar-refractivity contribution in [3.05, 3.63) is 75.0 Å². The second-order valence-electron chi connectivity index (χ2n) is 5.67. The van der Waals surface area contributed by atoms with E-state index in [0.717, 1.165) is 10.7 Å². The third kappa shape index (κ3) is 4.32. The topological polar surface area (TPSA) is 76.9 Å². The number of rotatable bonds is 4. The van der Waals surface area contributed by atoms with Crippen molar-refractivity contribution < 1.29 is 9.18 Å². The third-order valence-corrected chi connectivity index (χ3v) is 4.33. The highest BCUT2D eigenvalue weighted by Gasteiger charge is 2.19. The molecule has 2 aromatic carbocycles. The first-order valence-corrected chi connectivity index (χ1v) is 8.58. The molecule has 1 amide bonds. The molecule has 0 spiro atoms. The minimum Gasteiger partial charge on any atom is -0.324 e. The van der Waals surface area contributed by atoms with Crippen molar-refractivity contribution in [1.29, 1.82) is 0 Å². The second-order valence-corrected chi connectivity index (χ2v) is 6.51. The number of halogens is 3. The molecule has 1 heterocycles. The molecule has 1 atom stereocenters. The maximum Gasteiger partial charge on any atom is 0.365 e. The predicted octanol–water partition coefficient (Wildman–Crippen LogP) is 3.95. The van der Waals surface area contributed by atoms with E-state index in [-0.39, 0.29) is 5.02 Å². The van der Waals surface area contributed by atoms with Crippen molar-refractivity contribution in [1.82, 2.24) is 14.8 Å². The lowest BCUT2D eigenvalue weighted by Gasteiger charge is -2.14. The SMILES string of the molecule is CC(C(=O)Nc1ccc(F)c(Cl)c1)n1ncc(-c2ccc(Cl)cc2)nc1=O. The quantitative estimate of drug-likeness (QED) is 0.711.